The van der Waals surface area contributed by atoms with Gasteiger partial charge in [0.1, 0.15) is 22.3 Å². The molecule has 0 spiro atoms. The Labute approximate surface area is 240 Å². The molecule has 3 aromatic carbocycles. The summed E-state index contributed by atoms with van der Waals surface area (Å²) >= 11 is 6.21. The van der Waals surface area contributed by atoms with Crippen molar-refractivity contribution in [1.29, 1.82) is 0 Å². The third-order valence-corrected chi connectivity index (χ3v) is 9.33. The lowest BCUT2D eigenvalue weighted by atomic mass is 9.86. The molecule has 2 atom stereocenters. The molecular formula is C29H33ClN4O5S. The molecule has 212 valence electrons. The second kappa shape index (κ2) is 11.4. The fraction of sp³-hybridized carbons (Fsp3) is 0.345. The van der Waals surface area contributed by atoms with E-state index in [-0.39, 0.29) is 35.9 Å². The first-order chi connectivity index (χ1) is 19.1. The summed E-state index contributed by atoms with van der Waals surface area (Å²) in [7, 11) is -1.55. The largest absolute Gasteiger partial charge is 0.487 e. The van der Waals surface area contributed by atoms with Gasteiger partial charge in [0, 0.05) is 24.5 Å². The smallest absolute Gasteiger partial charge is 0.306 e. The molecule has 2 N–H and O–H groups in total. The number of hydrogen-bond acceptors (Lipinski definition) is 8. The molecule has 5 rings (SSSR count). The highest BCUT2D eigenvalue weighted by molar-refractivity contribution is 8.22. The van der Waals surface area contributed by atoms with Crippen LogP contribution in [0.2, 0.25) is 5.02 Å². The van der Waals surface area contributed by atoms with Crippen molar-refractivity contribution in [3.05, 3.63) is 81.9 Å². The molecule has 0 saturated carbocycles. The summed E-state index contributed by atoms with van der Waals surface area (Å²) in [6.07, 6.45) is -0.134. The van der Waals surface area contributed by atoms with Crippen LogP contribution >= 0.6 is 22.4 Å². The molecule has 11 heteroatoms. The van der Waals surface area contributed by atoms with Gasteiger partial charge in [-0.3, -0.25) is 13.9 Å². The number of rotatable bonds is 7. The molecule has 1 unspecified atom stereocenters. The quantitative estimate of drug-likeness (QED) is 0.243. The average Bonchev–Trinajstić information content (AvgIpc) is 3.25. The number of esters is 1. The molecule has 0 saturated heterocycles. The zero-order chi connectivity index (χ0) is 28.6. The van der Waals surface area contributed by atoms with Crippen molar-refractivity contribution in [3.8, 4) is 5.75 Å². The van der Waals surface area contributed by atoms with E-state index in [2.05, 4.69) is 10.3 Å². The minimum atomic E-state index is -3.39. The van der Waals surface area contributed by atoms with Crippen LogP contribution in [0.15, 0.2) is 59.5 Å². The van der Waals surface area contributed by atoms with E-state index in [4.69, 9.17) is 21.1 Å². The second-order valence-electron chi connectivity index (χ2n) is 10.1. The van der Waals surface area contributed by atoms with Crippen LogP contribution in [0.25, 0.3) is 11.0 Å². The van der Waals surface area contributed by atoms with Crippen molar-refractivity contribution in [1.82, 2.24) is 19.3 Å². The van der Waals surface area contributed by atoms with E-state index in [0.29, 0.717) is 23.9 Å². The summed E-state index contributed by atoms with van der Waals surface area (Å²) in [6.45, 7) is 6.53. The Balaban J connectivity index is 1.52. The van der Waals surface area contributed by atoms with Gasteiger partial charge in [-0.05, 0) is 73.4 Å². The standard InChI is InChI=1S/C29H33ClN4O5S/c1-5-38-29(35)15-24(21-8-10-26-25(13-21)31-32-33(26)4)20-7-6-18(2)22(12-20)17-34-16-19(3)39-27-11-9-23(30)14-28(27)40(34,36)37/h6-14,19,24,36-37H,5,15-17H2,1-4H3/t19-,24?/m1/s1. The van der Waals surface area contributed by atoms with Crippen LogP contribution in [0.1, 0.15) is 48.4 Å². The van der Waals surface area contributed by atoms with Gasteiger partial charge < -0.3 is 9.47 Å². The maximum absolute atomic E-state index is 12.7. The highest BCUT2D eigenvalue weighted by Gasteiger charge is 2.34. The van der Waals surface area contributed by atoms with Gasteiger partial charge in [-0.2, -0.15) is 4.31 Å². The van der Waals surface area contributed by atoms with E-state index < -0.39 is 10.8 Å². The third kappa shape index (κ3) is 5.68. The molecule has 0 aliphatic carbocycles. The van der Waals surface area contributed by atoms with Crippen molar-refractivity contribution < 1.29 is 23.4 Å². The predicted molar refractivity (Wildman–Crippen MR) is 156 cm³/mol. The minimum Gasteiger partial charge on any atom is -0.487 e. The molecule has 0 amide bonds. The van der Waals surface area contributed by atoms with Gasteiger partial charge in [0.05, 0.1) is 25.1 Å². The Morgan fingerprint density at radius 1 is 1.18 bits per heavy atom. The molecule has 0 bridgehead atoms. The van der Waals surface area contributed by atoms with E-state index in [1.54, 1.807) is 34.1 Å². The SMILES string of the molecule is CCOC(=O)CC(c1ccc(C)c(CN2C[C@@H](C)Oc3ccc(Cl)cc3S2(O)O)c1)c1ccc2c(c1)nnn2C. The van der Waals surface area contributed by atoms with Gasteiger partial charge in [-0.25, -0.2) is 4.68 Å². The van der Waals surface area contributed by atoms with E-state index in [1.807, 2.05) is 57.3 Å². The van der Waals surface area contributed by atoms with Gasteiger partial charge in [0.25, 0.3) is 0 Å². The van der Waals surface area contributed by atoms with Crippen LogP contribution < -0.4 is 4.74 Å². The Morgan fingerprint density at radius 3 is 2.70 bits per heavy atom. The summed E-state index contributed by atoms with van der Waals surface area (Å²) in [4.78, 5) is 13.0. The van der Waals surface area contributed by atoms with Gasteiger partial charge in [0.15, 0.2) is 0 Å². The van der Waals surface area contributed by atoms with E-state index in [9.17, 15) is 13.9 Å². The molecule has 40 heavy (non-hydrogen) atoms. The van der Waals surface area contributed by atoms with Gasteiger partial charge >= 0.3 is 5.97 Å². The fourth-order valence-corrected chi connectivity index (χ4v) is 7.01. The fourth-order valence-electron chi connectivity index (χ4n) is 5.09. The number of benzene rings is 3. The summed E-state index contributed by atoms with van der Waals surface area (Å²) in [5.41, 5.74) is 5.36. The summed E-state index contributed by atoms with van der Waals surface area (Å²) in [5, 5.41) is 8.76. The molecular weight excluding hydrogens is 552 g/mol. The van der Waals surface area contributed by atoms with Crippen molar-refractivity contribution in [3.63, 3.8) is 0 Å². The summed E-state index contributed by atoms with van der Waals surface area (Å²) in [5.74, 6) is -0.176. The Morgan fingerprint density at radius 2 is 1.93 bits per heavy atom. The average molecular weight is 585 g/mol. The van der Waals surface area contributed by atoms with Crippen molar-refractivity contribution in [2.45, 2.75) is 50.7 Å². The monoisotopic (exact) mass is 584 g/mol. The molecule has 1 aliphatic rings. The lowest BCUT2D eigenvalue weighted by molar-refractivity contribution is -0.143. The zero-order valence-electron chi connectivity index (χ0n) is 22.9. The summed E-state index contributed by atoms with van der Waals surface area (Å²) < 4.78 is 37.6. The lowest BCUT2D eigenvalue weighted by Gasteiger charge is -2.42. The number of carbonyl (C=O) groups excluding carboxylic acids is 1. The maximum Gasteiger partial charge on any atom is 0.306 e. The number of hydrogen-bond donors (Lipinski definition) is 2. The molecule has 9 nitrogen and oxygen atoms in total. The minimum absolute atomic E-state index is 0.151. The maximum atomic E-state index is 12.7. The number of fused-ring (bicyclic) bond motifs is 2. The lowest BCUT2D eigenvalue weighted by Crippen LogP contribution is -2.33. The molecule has 2 heterocycles. The normalized spacial score (nSPS) is 18.4. The van der Waals surface area contributed by atoms with Crippen molar-refractivity contribution in [2.75, 3.05) is 13.2 Å². The number of ether oxygens (including phenoxy) is 2. The third-order valence-electron chi connectivity index (χ3n) is 7.19. The van der Waals surface area contributed by atoms with E-state index >= 15 is 0 Å². The van der Waals surface area contributed by atoms with Gasteiger partial charge in [-0.15, -0.1) is 15.9 Å². The van der Waals surface area contributed by atoms with E-state index in [1.165, 1.54) is 0 Å². The predicted octanol–water partition coefficient (Wildman–Crippen LogP) is 6.32. The second-order valence-corrected chi connectivity index (χ2v) is 12.5. The first kappa shape index (κ1) is 28.4. The number of halogens is 1. The van der Waals surface area contributed by atoms with Crippen molar-refractivity contribution >= 4 is 39.4 Å². The number of aryl methyl sites for hydroxylation is 2. The Hall–Kier alpha value is -3.15. The molecule has 1 aliphatic heterocycles. The number of aromatic nitrogens is 3. The molecule has 0 fully saturated rings. The number of carbonyl (C=O) groups is 1. The van der Waals surface area contributed by atoms with Gasteiger partial charge in [0.2, 0.25) is 0 Å². The van der Waals surface area contributed by atoms with Crippen molar-refractivity contribution in [2.24, 2.45) is 7.05 Å². The van der Waals surface area contributed by atoms with E-state index in [0.717, 1.165) is 33.3 Å². The zero-order valence-corrected chi connectivity index (χ0v) is 24.4. The Kier molecular flexibility index (Phi) is 8.08. The molecule has 4 aromatic rings. The topological polar surface area (TPSA) is 110 Å². The van der Waals surface area contributed by atoms with Gasteiger partial charge in [-0.1, -0.05) is 41.1 Å². The van der Waals surface area contributed by atoms with Crippen LogP contribution in [-0.2, 0) is 23.1 Å². The highest BCUT2D eigenvalue weighted by atomic mass is 35.5. The first-order valence-corrected chi connectivity index (χ1v) is 15.0. The first-order valence-electron chi connectivity index (χ1n) is 13.1. The van der Waals surface area contributed by atoms with Crippen LogP contribution in [-0.4, -0.2) is 53.6 Å². The Bertz CT molecular complexity index is 1560. The summed E-state index contributed by atoms with van der Waals surface area (Å²) in [6, 6.07) is 16.8. The molecule has 0 radical (unpaired) electrons. The highest BCUT2D eigenvalue weighted by Crippen LogP contribution is 2.58. The van der Waals surface area contributed by atoms with Crippen LogP contribution in [0.4, 0.5) is 0 Å². The van der Waals surface area contributed by atoms with Crippen LogP contribution in [0.5, 0.6) is 5.75 Å². The van der Waals surface area contributed by atoms with Crippen LogP contribution in [0.3, 0.4) is 0 Å². The number of nitrogens with zero attached hydrogens (tertiary/aromatic N) is 4. The molecule has 1 aromatic heterocycles. The van der Waals surface area contributed by atoms with Crippen LogP contribution in [0, 0.1) is 6.92 Å².